The van der Waals surface area contributed by atoms with Crippen molar-refractivity contribution < 1.29 is 17.9 Å². The van der Waals surface area contributed by atoms with Gasteiger partial charge < -0.3 is 10.1 Å². The molecule has 1 aliphatic carbocycles. The topological polar surface area (TPSA) is 84.5 Å². The summed E-state index contributed by atoms with van der Waals surface area (Å²) in [5.41, 5.74) is 0. The summed E-state index contributed by atoms with van der Waals surface area (Å²) in [4.78, 5) is 12.4. The number of rotatable bonds is 6. The number of sulfonamides is 1. The maximum absolute atomic E-state index is 12.6. The summed E-state index contributed by atoms with van der Waals surface area (Å²) in [5.74, 6) is -0.144. The molecule has 2 N–H and O–H groups in total. The van der Waals surface area contributed by atoms with Gasteiger partial charge >= 0.3 is 0 Å². The van der Waals surface area contributed by atoms with Crippen molar-refractivity contribution in [2.45, 2.75) is 68.8 Å². The highest BCUT2D eigenvalue weighted by Crippen LogP contribution is 2.27. The molecule has 0 heterocycles. The summed E-state index contributed by atoms with van der Waals surface area (Å²) in [6.07, 6.45) is 7.67. The Kier molecular flexibility index (Phi) is 7.73. The lowest BCUT2D eigenvalue weighted by Gasteiger charge is -2.23. The molecule has 6 nitrogen and oxygen atoms in total. The third kappa shape index (κ3) is 5.86. The van der Waals surface area contributed by atoms with Crippen molar-refractivity contribution in [1.29, 1.82) is 0 Å². The highest BCUT2D eigenvalue weighted by atomic mass is 35.5. The van der Waals surface area contributed by atoms with E-state index in [0.717, 1.165) is 25.7 Å². The molecule has 26 heavy (non-hydrogen) atoms. The molecular formula is C18H27ClN2O4S. The number of nitrogens with one attached hydrogen (secondary N) is 2. The van der Waals surface area contributed by atoms with Crippen LogP contribution in [0.3, 0.4) is 0 Å². The summed E-state index contributed by atoms with van der Waals surface area (Å²) in [6.45, 7) is 1.53. The minimum absolute atomic E-state index is 0.0851. The second-order valence-electron chi connectivity index (χ2n) is 6.69. The predicted octanol–water partition coefficient (Wildman–Crippen LogP) is 3.24. The number of hydrogen-bond donors (Lipinski definition) is 2. The van der Waals surface area contributed by atoms with Crippen LogP contribution in [0.1, 0.15) is 51.9 Å². The standard InChI is InChI=1S/C18H27ClN2O4S/c1-13(18(22)20-15-8-6-4-3-5-7-9-15)21-26(23,24)17-12-14(19)10-11-16(17)25-2/h10-13,15,21H,3-9H2,1-2H3,(H,20,22)/t13-/m1/s1. The van der Waals surface area contributed by atoms with Gasteiger partial charge in [-0.05, 0) is 38.0 Å². The second kappa shape index (κ2) is 9.58. The molecule has 1 fully saturated rings. The summed E-state index contributed by atoms with van der Waals surface area (Å²) in [6, 6.07) is 3.55. The van der Waals surface area contributed by atoms with Gasteiger partial charge in [-0.3, -0.25) is 4.79 Å². The predicted molar refractivity (Wildman–Crippen MR) is 102 cm³/mol. The Hall–Kier alpha value is -1.31. The average Bonchev–Trinajstić information content (AvgIpc) is 2.56. The van der Waals surface area contributed by atoms with Gasteiger partial charge in [0.2, 0.25) is 15.9 Å². The van der Waals surface area contributed by atoms with Gasteiger partial charge in [-0.25, -0.2) is 8.42 Å². The van der Waals surface area contributed by atoms with Crippen molar-refractivity contribution in [1.82, 2.24) is 10.0 Å². The van der Waals surface area contributed by atoms with Gasteiger partial charge in [-0.2, -0.15) is 4.72 Å². The normalized spacial score (nSPS) is 17.8. The number of hydrogen-bond acceptors (Lipinski definition) is 4. The maximum Gasteiger partial charge on any atom is 0.245 e. The van der Waals surface area contributed by atoms with Gasteiger partial charge in [0.25, 0.3) is 0 Å². The minimum atomic E-state index is -3.94. The Morgan fingerprint density at radius 3 is 2.42 bits per heavy atom. The fourth-order valence-corrected chi connectivity index (χ4v) is 4.77. The number of halogens is 1. The Bertz CT molecular complexity index is 716. The number of benzene rings is 1. The van der Waals surface area contributed by atoms with Gasteiger partial charge in [0.1, 0.15) is 10.6 Å². The highest BCUT2D eigenvalue weighted by Gasteiger charge is 2.26. The van der Waals surface area contributed by atoms with Crippen molar-refractivity contribution >= 4 is 27.5 Å². The fraction of sp³-hybridized carbons (Fsp3) is 0.611. The van der Waals surface area contributed by atoms with Crippen molar-refractivity contribution in [3.63, 3.8) is 0 Å². The summed E-state index contributed by atoms with van der Waals surface area (Å²) >= 11 is 5.91. The van der Waals surface area contributed by atoms with Gasteiger partial charge in [-0.1, -0.05) is 43.7 Å². The third-order valence-electron chi connectivity index (χ3n) is 4.59. The zero-order valence-electron chi connectivity index (χ0n) is 15.3. The molecule has 1 aliphatic rings. The van der Waals surface area contributed by atoms with E-state index in [4.69, 9.17) is 16.3 Å². The van der Waals surface area contributed by atoms with Gasteiger partial charge in [-0.15, -0.1) is 0 Å². The van der Waals surface area contributed by atoms with E-state index in [2.05, 4.69) is 10.0 Å². The van der Waals surface area contributed by atoms with Crippen molar-refractivity contribution in [3.8, 4) is 5.75 Å². The lowest BCUT2D eigenvalue weighted by molar-refractivity contribution is -0.123. The first kappa shape index (κ1) is 21.0. The maximum atomic E-state index is 12.6. The van der Waals surface area contributed by atoms with Crippen LogP contribution >= 0.6 is 11.6 Å². The molecule has 0 bridgehead atoms. The molecule has 146 valence electrons. The first-order valence-corrected chi connectivity index (χ1v) is 10.9. The van der Waals surface area contributed by atoms with Crippen molar-refractivity contribution in [2.75, 3.05) is 7.11 Å². The fourth-order valence-electron chi connectivity index (χ4n) is 3.14. The van der Waals surface area contributed by atoms with Crippen LogP contribution in [0.4, 0.5) is 0 Å². The summed E-state index contributed by atoms with van der Waals surface area (Å²) < 4.78 is 32.8. The molecule has 0 aliphatic heterocycles. The third-order valence-corrected chi connectivity index (χ3v) is 6.39. The van der Waals surface area contributed by atoms with Crippen LogP contribution in [0.2, 0.25) is 5.02 Å². The Morgan fingerprint density at radius 1 is 1.19 bits per heavy atom. The highest BCUT2D eigenvalue weighted by molar-refractivity contribution is 7.89. The molecule has 0 unspecified atom stereocenters. The Balaban J connectivity index is 2.04. The first-order chi connectivity index (χ1) is 12.3. The van der Waals surface area contributed by atoms with Crippen LogP contribution < -0.4 is 14.8 Å². The van der Waals surface area contributed by atoms with Crippen LogP contribution in [-0.4, -0.2) is 33.5 Å². The molecule has 0 spiro atoms. The molecular weight excluding hydrogens is 376 g/mol. The quantitative estimate of drug-likeness (QED) is 0.764. The van der Waals surface area contributed by atoms with Crippen LogP contribution in [0.15, 0.2) is 23.1 Å². The van der Waals surface area contributed by atoms with E-state index < -0.39 is 16.1 Å². The molecule has 1 aromatic carbocycles. The Morgan fingerprint density at radius 2 is 1.81 bits per heavy atom. The van der Waals surface area contributed by atoms with Gasteiger partial charge in [0.05, 0.1) is 13.2 Å². The van der Waals surface area contributed by atoms with Crippen LogP contribution in [-0.2, 0) is 14.8 Å². The molecule has 1 aromatic rings. The molecule has 1 amide bonds. The number of ether oxygens (including phenoxy) is 1. The molecule has 1 saturated carbocycles. The summed E-state index contributed by atoms with van der Waals surface area (Å²) in [5, 5.41) is 3.25. The lowest BCUT2D eigenvalue weighted by atomic mass is 9.96. The van der Waals surface area contributed by atoms with Crippen molar-refractivity contribution in [2.24, 2.45) is 0 Å². The van der Waals surface area contributed by atoms with Gasteiger partial charge in [0.15, 0.2) is 0 Å². The van der Waals surface area contributed by atoms with E-state index in [1.165, 1.54) is 45.4 Å². The largest absolute Gasteiger partial charge is 0.495 e. The minimum Gasteiger partial charge on any atom is -0.495 e. The molecule has 8 heteroatoms. The molecule has 2 rings (SSSR count). The van der Waals surface area contributed by atoms with E-state index in [1.807, 2.05) is 0 Å². The number of carbonyl (C=O) groups excluding carboxylic acids is 1. The lowest BCUT2D eigenvalue weighted by Crippen LogP contribution is -2.48. The smallest absolute Gasteiger partial charge is 0.245 e. The zero-order valence-corrected chi connectivity index (χ0v) is 16.8. The van der Waals surface area contributed by atoms with Gasteiger partial charge in [0, 0.05) is 11.1 Å². The van der Waals surface area contributed by atoms with Crippen LogP contribution in [0.25, 0.3) is 0 Å². The molecule has 1 atom stereocenters. The first-order valence-electron chi connectivity index (χ1n) is 8.99. The second-order valence-corrected chi connectivity index (χ2v) is 8.81. The van der Waals surface area contributed by atoms with Crippen LogP contribution in [0.5, 0.6) is 5.75 Å². The van der Waals surface area contributed by atoms with E-state index in [0.29, 0.717) is 0 Å². The molecule has 0 radical (unpaired) electrons. The zero-order chi connectivity index (χ0) is 19.2. The van der Waals surface area contributed by atoms with E-state index in [1.54, 1.807) is 6.07 Å². The molecule has 0 aromatic heterocycles. The van der Waals surface area contributed by atoms with Crippen LogP contribution in [0, 0.1) is 0 Å². The monoisotopic (exact) mass is 402 g/mol. The summed E-state index contributed by atoms with van der Waals surface area (Å²) in [7, 11) is -2.56. The average molecular weight is 403 g/mol. The van der Waals surface area contributed by atoms with E-state index >= 15 is 0 Å². The van der Waals surface area contributed by atoms with E-state index in [-0.39, 0.29) is 27.6 Å². The number of carbonyl (C=O) groups is 1. The Labute approximate surface area is 160 Å². The van der Waals surface area contributed by atoms with E-state index in [9.17, 15) is 13.2 Å². The number of methoxy groups -OCH3 is 1. The SMILES string of the molecule is COc1ccc(Cl)cc1S(=O)(=O)N[C@H](C)C(=O)NC1CCCCCCC1. The molecule has 0 saturated heterocycles. The number of amides is 1. The van der Waals surface area contributed by atoms with Crippen molar-refractivity contribution in [3.05, 3.63) is 23.2 Å².